The number of carbonyl (C=O) groups excluding carboxylic acids is 1. The first-order valence-electron chi connectivity index (χ1n) is 11.2. The Bertz CT molecular complexity index is 1020. The van der Waals surface area contributed by atoms with Crippen LogP contribution in [-0.2, 0) is 11.0 Å². The van der Waals surface area contributed by atoms with Gasteiger partial charge in [0, 0.05) is 11.7 Å². The van der Waals surface area contributed by atoms with E-state index in [2.05, 4.69) is 22.3 Å². The standard InChI is InChI=1S/C27H27F3N2O/c28-27(29,30)22-16-14-21(15-17-22)26(31-23-11-5-2-6-12-23)25(19-33)32-18-8-7-13-24(32)20-9-3-1-4-10-20/h1-6,9-12,14-17,19,24-26,31H,7-8,13,18H2. The lowest BCUT2D eigenvalue weighted by molar-refractivity contribution is -0.137. The Balaban J connectivity index is 1.71. The van der Waals surface area contributed by atoms with E-state index in [-0.39, 0.29) is 6.04 Å². The van der Waals surface area contributed by atoms with Gasteiger partial charge in [0.2, 0.25) is 0 Å². The van der Waals surface area contributed by atoms with Crippen LogP contribution >= 0.6 is 0 Å². The van der Waals surface area contributed by atoms with Gasteiger partial charge in [-0.05, 0) is 54.8 Å². The highest BCUT2D eigenvalue weighted by atomic mass is 19.4. The van der Waals surface area contributed by atoms with E-state index >= 15 is 0 Å². The monoisotopic (exact) mass is 452 g/mol. The van der Waals surface area contributed by atoms with Crippen molar-refractivity contribution >= 4 is 12.0 Å². The summed E-state index contributed by atoms with van der Waals surface area (Å²) in [6.07, 6.45) is -0.507. The van der Waals surface area contributed by atoms with E-state index in [1.165, 1.54) is 12.1 Å². The number of anilines is 1. The first-order chi connectivity index (χ1) is 16.0. The molecule has 3 aromatic carbocycles. The summed E-state index contributed by atoms with van der Waals surface area (Å²) < 4.78 is 39.4. The van der Waals surface area contributed by atoms with E-state index in [9.17, 15) is 18.0 Å². The minimum atomic E-state index is -4.41. The molecule has 1 aliphatic rings. The third-order valence-corrected chi connectivity index (χ3v) is 6.29. The normalized spacial score (nSPS) is 18.9. The third-order valence-electron chi connectivity index (χ3n) is 6.29. The lowest BCUT2D eigenvalue weighted by Gasteiger charge is -2.42. The maximum atomic E-state index is 13.1. The van der Waals surface area contributed by atoms with Gasteiger partial charge in [0.05, 0.1) is 17.6 Å². The van der Waals surface area contributed by atoms with Gasteiger partial charge in [-0.2, -0.15) is 13.2 Å². The molecule has 1 fully saturated rings. The molecular formula is C27H27F3N2O. The van der Waals surface area contributed by atoms with E-state index < -0.39 is 23.8 Å². The highest BCUT2D eigenvalue weighted by Crippen LogP contribution is 2.37. The van der Waals surface area contributed by atoms with Crippen LogP contribution in [0.15, 0.2) is 84.9 Å². The van der Waals surface area contributed by atoms with Gasteiger partial charge in [-0.1, -0.05) is 67.1 Å². The molecule has 0 spiro atoms. The molecule has 0 radical (unpaired) electrons. The Morgan fingerprint density at radius 3 is 2.12 bits per heavy atom. The van der Waals surface area contributed by atoms with Crippen molar-refractivity contribution in [3.63, 3.8) is 0 Å². The number of hydrogen-bond acceptors (Lipinski definition) is 3. The highest BCUT2D eigenvalue weighted by molar-refractivity contribution is 5.63. The number of para-hydroxylation sites is 1. The molecule has 0 aliphatic carbocycles. The van der Waals surface area contributed by atoms with Crippen LogP contribution in [0.3, 0.4) is 0 Å². The predicted molar refractivity (Wildman–Crippen MR) is 124 cm³/mol. The number of carbonyl (C=O) groups is 1. The number of aldehydes is 1. The van der Waals surface area contributed by atoms with Gasteiger partial charge in [0.25, 0.3) is 0 Å². The molecular weight excluding hydrogens is 425 g/mol. The topological polar surface area (TPSA) is 32.3 Å². The third kappa shape index (κ3) is 5.45. The minimum Gasteiger partial charge on any atom is -0.376 e. The molecule has 0 saturated carbocycles. The summed E-state index contributed by atoms with van der Waals surface area (Å²) in [7, 11) is 0. The molecule has 3 unspecified atom stereocenters. The smallest absolute Gasteiger partial charge is 0.376 e. The Morgan fingerprint density at radius 2 is 1.52 bits per heavy atom. The van der Waals surface area contributed by atoms with Crippen molar-refractivity contribution in [1.29, 1.82) is 0 Å². The van der Waals surface area contributed by atoms with Crippen molar-refractivity contribution in [3.8, 4) is 0 Å². The number of alkyl halides is 3. The Hall–Kier alpha value is -3.12. The maximum absolute atomic E-state index is 13.1. The molecule has 6 heteroatoms. The van der Waals surface area contributed by atoms with E-state index in [4.69, 9.17) is 0 Å². The average molecular weight is 453 g/mol. The molecule has 0 bridgehead atoms. The molecule has 1 saturated heterocycles. The van der Waals surface area contributed by atoms with Gasteiger partial charge < -0.3 is 10.1 Å². The van der Waals surface area contributed by atoms with Gasteiger partial charge in [-0.25, -0.2) is 0 Å². The zero-order chi connectivity index (χ0) is 23.3. The first kappa shape index (κ1) is 23.1. The summed E-state index contributed by atoms with van der Waals surface area (Å²) in [5.41, 5.74) is 1.89. The van der Waals surface area contributed by atoms with E-state index in [0.717, 1.165) is 55.5 Å². The van der Waals surface area contributed by atoms with Crippen LogP contribution < -0.4 is 5.32 Å². The second-order valence-electron chi connectivity index (χ2n) is 8.39. The van der Waals surface area contributed by atoms with Crippen LogP contribution in [0.25, 0.3) is 0 Å². The fourth-order valence-electron chi connectivity index (χ4n) is 4.65. The van der Waals surface area contributed by atoms with Crippen molar-refractivity contribution in [3.05, 3.63) is 102 Å². The highest BCUT2D eigenvalue weighted by Gasteiger charge is 2.36. The van der Waals surface area contributed by atoms with Crippen molar-refractivity contribution in [2.45, 2.75) is 43.6 Å². The van der Waals surface area contributed by atoms with Crippen LogP contribution in [0, 0.1) is 0 Å². The Kier molecular flexibility index (Phi) is 7.14. The fraction of sp³-hybridized carbons (Fsp3) is 0.296. The van der Waals surface area contributed by atoms with Crippen molar-refractivity contribution < 1.29 is 18.0 Å². The maximum Gasteiger partial charge on any atom is 0.416 e. The van der Waals surface area contributed by atoms with Gasteiger partial charge >= 0.3 is 6.18 Å². The van der Waals surface area contributed by atoms with Crippen LogP contribution in [0.4, 0.5) is 18.9 Å². The van der Waals surface area contributed by atoms with Gasteiger partial charge in [-0.15, -0.1) is 0 Å². The molecule has 172 valence electrons. The zero-order valence-electron chi connectivity index (χ0n) is 18.2. The molecule has 0 aromatic heterocycles. The summed E-state index contributed by atoms with van der Waals surface area (Å²) >= 11 is 0. The molecule has 4 rings (SSSR count). The lowest BCUT2D eigenvalue weighted by atomic mass is 9.90. The minimum absolute atomic E-state index is 0.0738. The number of piperidine rings is 1. The van der Waals surface area contributed by atoms with Crippen LogP contribution in [-0.4, -0.2) is 23.8 Å². The Morgan fingerprint density at radius 1 is 0.879 bits per heavy atom. The van der Waals surface area contributed by atoms with E-state index in [1.807, 2.05) is 48.5 Å². The summed E-state index contributed by atoms with van der Waals surface area (Å²) in [5, 5.41) is 3.42. The number of halogens is 3. The van der Waals surface area contributed by atoms with Crippen molar-refractivity contribution in [2.75, 3.05) is 11.9 Å². The average Bonchev–Trinajstić information content (AvgIpc) is 2.85. The van der Waals surface area contributed by atoms with Gasteiger partial charge in [0.15, 0.2) is 0 Å². The first-order valence-corrected chi connectivity index (χ1v) is 11.2. The molecule has 1 heterocycles. The summed E-state index contributed by atoms with van der Waals surface area (Å²) in [4.78, 5) is 14.7. The number of nitrogens with zero attached hydrogens (tertiary/aromatic N) is 1. The molecule has 1 N–H and O–H groups in total. The SMILES string of the molecule is O=CC(C(Nc1ccccc1)c1ccc(C(F)(F)F)cc1)N1CCCCC1c1ccccc1. The quantitative estimate of drug-likeness (QED) is 0.407. The second-order valence-corrected chi connectivity index (χ2v) is 8.39. The summed E-state index contributed by atoms with van der Waals surface area (Å²) in [6, 6.07) is 23.7. The summed E-state index contributed by atoms with van der Waals surface area (Å²) in [6.45, 7) is 0.747. The molecule has 33 heavy (non-hydrogen) atoms. The number of nitrogens with one attached hydrogen (secondary N) is 1. The number of hydrogen-bond donors (Lipinski definition) is 1. The molecule has 1 aliphatic heterocycles. The van der Waals surface area contributed by atoms with Crippen LogP contribution in [0.5, 0.6) is 0 Å². The lowest BCUT2D eigenvalue weighted by Crippen LogP contribution is -2.47. The molecule has 3 nitrogen and oxygen atoms in total. The molecule has 3 atom stereocenters. The second kappa shape index (κ2) is 10.2. The number of benzene rings is 3. The van der Waals surface area contributed by atoms with Crippen LogP contribution in [0.2, 0.25) is 0 Å². The van der Waals surface area contributed by atoms with Gasteiger partial charge in [0.1, 0.15) is 6.29 Å². The predicted octanol–water partition coefficient (Wildman–Crippen LogP) is 6.65. The largest absolute Gasteiger partial charge is 0.416 e. The van der Waals surface area contributed by atoms with E-state index in [0.29, 0.717) is 5.56 Å². The molecule has 3 aromatic rings. The summed E-state index contributed by atoms with van der Waals surface area (Å²) in [5.74, 6) is 0. The van der Waals surface area contributed by atoms with Crippen molar-refractivity contribution in [2.24, 2.45) is 0 Å². The Labute approximate surface area is 192 Å². The van der Waals surface area contributed by atoms with Crippen molar-refractivity contribution in [1.82, 2.24) is 4.90 Å². The number of likely N-dealkylation sites (tertiary alicyclic amines) is 1. The van der Waals surface area contributed by atoms with Crippen LogP contribution in [0.1, 0.15) is 48.0 Å². The fourth-order valence-corrected chi connectivity index (χ4v) is 4.65. The van der Waals surface area contributed by atoms with Gasteiger partial charge in [-0.3, -0.25) is 4.90 Å². The zero-order valence-corrected chi connectivity index (χ0v) is 18.2. The number of rotatable bonds is 7. The van der Waals surface area contributed by atoms with E-state index in [1.54, 1.807) is 0 Å². The molecule has 0 amide bonds.